The first-order valence-corrected chi connectivity index (χ1v) is 16.1. The van der Waals surface area contributed by atoms with Crippen LogP contribution in [0.4, 0.5) is 10.5 Å². The van der Waals surface area contributed by atoms with E-state index in [9.17, 15) is 9.59 Å². The van der Waals surface area contributed by atoms with Crippen LogP contribution in [-0.4, -0.2) is 64.6 Å². The van der Waals surface area contributed by atoms with Gasteiger partial charge in [-0.25, -0.2) is 9.48 Å². The molecule has 2 heterocycles. The molecule has 0 radical (unpaired) electrons. The van der Waals surface area contributed by atoms with E-state index < -0.39 is 18.1 Å². The van der Waals surface area contributed by atoms with Crippen LogP contribution in [-0.2, 0) is 27.2 Å². The van der Waals surface area contributed by atoms with Crippen molar-refractivity contribution in [3.8, 4) is 0 Å². The molecule has 1 fully saturated rings. The van der Waals surface area contributed by atoms with E-state index in [-0.39, 0.29) is 18.1 Å². The van der Waals surface area contributed by atoms with Crippen molar-refractivity contribution in [2.45, 2.75) is 43.5 Å². The molecule has 3 N–H and O–H groups in total. The van der Waals surface area contributed by atoms with Crippen LogP contribution in [0, 0.1) is 0 Å². The number of aromatic nitrogens is 4. The first-order chi connectivity index (χ1) is 23.6. The average molecular weight is 646 g/mol. The first kappa shape index (κ1) is 32.5. The lowest BCUT2D eigenvalue weighted by Crippen LogP contribution is -2.48. The largest absolute Gasteiger partial charge is 0.453 e. The number of ether oxygens (including phenoxy) is 2. The van der Waals surface area contributed by atoms with Gasteiger partial charge in [0.25, 0.3) is 0 Å². The summed E-state index contributed by atoms with van der Waals surface area (Å²) in [7, 11) is 1.29. The minimum absolute atomic E-state index is 0.0299. The molecule has 1 aliphatic rings. The molecule has 2 amide bonds. The number of carbonyl (C=O) groups is 2. The van der Waals surface area contributed by atoms with Crippen molar-refractivity contribution in [2.75, 3.05) is 25.6 Å². The second kappa shape index (κ2) is 15.9. The van der Waals surface area contributed by atoms with Gasteiger partial charge in [-0.15, -0.1) is 5.10 Å². The number of carbonyl (C=O) groups excluding carboxylic acids is 2. The number of methoxy groups -OCH3 is 1. The van der Waals surface area contributed by atoms with Gasteiger partial charge in [0.15, 0.2) is 5.82 Å². The molecule has 3 atom stereocenters. The summed E-state index contributed by atoms with van der Waals surface area (Å²) in [5.74, 6) is -0.0657. The van der Waals surface area contributed by atoms with Crippen molar-refractivity contribution in [1.29, 1.82) is 0 Å². The molecule has 0 spiro atoms. The topological polar surface area (TPSA) is 132 Å². The van der Waals surface area contributed by atoms with E-state index in [2.05, 4.69) is 31.5 Å². The molecule has 0 unspecified atom stereocenters. The Kier molecular flexibility index (Phi) is 10.8. The first-order valence-electron chi connectivity index (χ1n) is 16.1. The Balaban J connectivity index is 1.12. The lowest BCUT2D eigenvalue weighted by atomic mass is 9.84. The standard InChI is InChI=1S/C37H39N7O4/c1-47-37(46)40-34(33(28-16-7-3-8-17-28)29-18-9-4-10-19-29)36(45)39-31-20-12-11-15-27(31)21-22-30-23-38-32(25-48-30)35-41-42-43-44(35)24-26-13-5-2-6-14-26/h2-20,30,32-34,38H,21-25H2,1H3,(H,39,45)(H,40,46)/t30-,32+,34+/m1/s1. The molecule has 246 valence electrons. The van der Waals surface area contributed by atoms with Crippen LogP contribution in [0.2, 0.25) is 0 Å². The van der Waals surface area contributed by atoms with Crippen molar-refractivity contribution >= 4 is 17.7 Å². The highest BCUT2D eigenvalue weighted by atomic mass is 16.5. The van der Waals surface area contributed by atoms with E-state index in [4.69, 9.17) is 9.47 Å². The summed E-state index contributed by atoms with van der Waals surface area (Å²) in [6.07, 6.45) is 0.698. The predicted octanol–water partition coefficient (Wildman–Crippen LogP) is 4.88. The summed E-state index contributed by atoms with van der Waals surface area (Å²) < 4.78 is 13.0. The Morgan fingerprint density at radius 1 is 0.917 bits per heavy atom. The highest BCUT2D eigenvalue weighted by Gasteiger charge is 2.33. The number of tetrazole rings is 1. The quantitative estimate of drug-likeness (QED) is 0.175. The molecule has 11 heteroatoms. The summed E-state index contributed by atoms with van der Waals surface area (Å²) >= 11 is 0. The number of aryl methyl sites for hydroxylation is 1. The van der Waals surface area contributed by atoms with Gasteiger partial charge in [0.1, 0.15) is 6.04 Å². The maximum absolute atomic E-state index is 14.1. The summed E-state index contributed by atoms with van der Waals surface area (Å²) in [4.78, 5) is 26.6. The third-order valence-corrected chi connectivity index (χ3v) is 8.54. The lowest BCUT2D eigenvalue weighted by Gasteiger charge is -2.30. The zero-order valence-electron chi connectivity index (χ0n) is 26.7. The molecule has 6 rings (SSSR count). The highest BCUT2D eigenvalue weighted by Crippen LogP contribution is 2.30. The number of nitrogens with zero attached hydrogens (tertiary/aromatic N) is 4. The molecule has 11 nitrogen and oxygen atoms in total. The second-order valence-corrected chi connectivity index (χ2v) is 11.7. The number of anilines is 1. The van der Waals surface area contributed by atoms with Crippen LogP contribution in [0.1, 0.15) is 46.5 Å². The van der Waals surface area contributed by atoms with E-state index in [0.717, 1.165) is 34.5 Å². The number of nitrogens with one attached hydrogen (secondary N) is 3. The smallest absolute Gasteiger partial charge is 0.407 e. The molecule has 4 aromatic carbocycles. The number of hydrogen-bond donors (Lipinski definition) is 3. The monoisotopic (exact) mass is 645 g/mol. The van der Waals surface area contributed by atoms with Gasteiger partial charge < -0.3 is 25.4 Å². The third kappa shape index (κ3) is 8.11. The Labute approximate surface area is 279 Å². The summed E-state index contributed by atoms with van der Waals surface area (Å²) in [6.45, 7) is 1.67. The minimum atomic E-state index is -0.948. The fourth-order valence-electron chi connectivity index (χ4n) is 6.08. The summed E-state index contributed by atoms with van der Waals surface area (Å²) in [6, 6.07) is 36.1. The van der Waals surface area contributed by atoms with Gasteiger partial charge in [-0.2, -0.15) is 0 Å². The van der Waals surface area contributed by atoms with Crippen molar-refractivity contribution in [1.82, 2.24) is 30.8 Å². The molecule has 5 aromatic rings. The molecular formula is C37H39N7O4. The van der Waals surface area contributed by atoms with Gasteiger partial charge in [0, 0.05) is 18.2 Å². The maximum Gasteiger partial charge on any atom is 0.407 e. The highest BCUT2D eigenvalue weighted by molar-refractivity contribution is 5.98. The maximum atomic E-state index is 14.1. The molecule has 1 aromatic heterocycles. The van der Waals surface area contributed by atoms with Gasteiger partial charge in [0.2, 0.25) is 5.91 Å². The van der Waals surface area contributed by atoms with Gasteiger partial charge in [-0.3, -0.25) is 4.79 Å². The van der Waals surface area contributed by atoms with E-state index in [1.807, 2.05) is 115 Å². The van der Waals surface area contributed by atoms with E-state index in [1.165, 1.54) is 7.11 Å². The molecule has 0 bridgehead atoms. The molecule has 0 aliphatic carbocycles. The fourth-order valence-corrected chi connectivity index (χ4v) is 6.08. The number of amides is 2. The van der Waals surface area contributed by atoms with Crippen molar-refractivity contribution < 1.29 is 19.1 Å². The molecule has 48 heavy (non-hydrogen) atoms. The predicted molar refractivity (Wildman–Crippen MR) is 181 cm³/mol. The minimum Gasteiger partial charge on any atom is -0.453 e. The van der Waals surface area contributed by atoms with E-state index in [1.54, 1.807) is 4.68 Å². The molecule has 1 saturated heterocycles. The van der Waals surface area contributed by atoms with E-state index in [0.29, 0.717) is 31.8 Å². The number of alkyl carbamates (subject to hydrolysis) is 1. The van der Waals surface area contributed by atoms with Gasteiger partial charge in [0.05, 0.1) is 32.4 Å². The number of morpholine rings is 1. The molecule has 1 aliphatic heterocycles. The van der Waals surface area contributed by atoms with Crippen LogP contribution in [0.25, 0.3) is 0 Å². The summed E-state index contributed by atoms with van der Waals surface area (Å²) in [5.41, 5.74) is 4.55. The Morgan fingerprint density at radius 2 is 1.56 bits per heavy atom. The Bertz CT molecular complexity index is 1720. The van der Waals surface area contributed by atoms with Crippen LogP contribution in [0.5, 0.6) is 0 Å². The zero-order chi connectivity index (χ0) is 33.1. The van der Waals surface area contributed by atoms with Crippen LogP contribution in [0.15, 0.2) is 115 Å². The normalized spacial score (nSPS) is 16.6. The van der Waals surface area contributed by atoms with E-state index >= 15 is 0 Å². The van der Waals surface area contributed by atoms with Gasteiger partial charge >= 0.3 is 6.09 Å². The van der Waals surface area contributed by atoms with Crippen molar-refractivity contribution in [3.63, 3.8) is 0 Å². The molecular weight excluding hydrogens is 606 g/mol. The lowest BCUT2D eigenvalue weighted by molar-refractivity contribution is -0.118. The van der Waals surface area contributed by atoms with Gasteiger partial charge in [-0.1, -0.05) is 109 Å². The second-order valence-electron chi connectivity index (χ2n) is 11.7. The Morgan fingerprint density at radius 3 is 2.21 bits per heavy atom. The Hall–Kier alpha value is -5.39. The number of benzene rings is 4. The van der Waals surface area contributed by atoms with Crippen molar-refractivity contribution in [3.05, 3.63) is 143 Å². The fraction of sp³-hybridized carbons (Fsp3) is 0.270. The average Bonchev–Trinajstić information content (AvgIpc) is 3.60. The van der Waals surface area contributed by atoms with Gasteiger partial charge in [-0.05, 0) is 51.6 Å². The third-order valence-electron chi connectivity index (χ3n) is 8.54. The van der Waals surface area contributed by atoms with Crippen molar-refractivity contribution in [2.24, 2.45) is 0 Å². The number of rotatable bonds is 12. The SMILES string of the molecule is COC(=O)N[C@H](C(=O)Nc1ccccc1CC[C@@H]1CN[C@H](c2nnnn2Cc2ccccc2)CO1)C(c1ccccc1)c1ccccc1. The van der Waals surface area contributed by atoms with Crippen LogP contribution in [0.3, 0.4) is 0 Å². The van der Waals surface area contributed by atoms with Crippen LogP contribution >= 0.6 is 0 Å². The zero-order valence-corrected chi connectivity index (χ0v) is 26.7. The number of hydrogen-bond acceptors (Lipinski definition) is 8. The summed E-state index contributed by atoms with van der Waals surface area (Å²) in [5, 5.41) is 21.8. The molecule has 0 saturated carbocycles. The number of para-hydroxylation sites is 1. The van der Waals surface area contributed by atoms with Crippen LogP contribution < -0.4 is 16.0 Å².